The van der Waals surface area contributed by atoms with E-state index >= 15 is 0 Å². The molecule has 3 heteroatoms. The van der Waals surface area contributed by atoms with Crippen LogP contribution in [-0.2, 0) is 7.05 Å². The van der Waals surface area contributed by atoms with E-state index in [1.807, 2.05) is 12.5 Å². The standard InChI is InChI=1S/C24H24N3/c1-15-9-10-22(25-13-15)19-7-6-8-20-23(19)26-14-27(5)24(20)21-12-16(2)11-17(3)18(21)4/h6-14H,1-5H3/q+1. The average molecular weight is 354 g/mol. The van der Waals surface area contributed by atoms with Crippen molar-refractivity contribution in [3.8, 4) is 22.5 Å². The molecule has 27 heavy (non-hydrogen) atoms. The highest BCUT2D eigenvalue weighted by atomic mass is 15.0. The fourth-order valence-corrected chi connectivity index (χ4v) is 3.72. The Morgan fingerprint density at radius 1 is 0.815 bits per heavy atom. The summed E-state index contributed by atoms with van der Waals surface area (Å²) in [7, 11) is 2.07. The number of hydrogen-bond acceptors (Lipinski definition) is 2. The first-order valence-electron chi connectivity index (χ1n) is 9.24. The Morgan fingerprint density at radius 2 is 1.63 bits per heavy atom. The van der Waals surface area contributed by atoms with Crippen LogP contribution in [0.5, 0.6) is 0 Å². The van der Waals surface area contributed by atoms with Gasteiger partial charge in [0, 0.05) is 11.8 Å². The maximum absolute atomic E-state index is 4.76. The van der Waals surface area contributed by atoms with Crippen LogP contribution in [0.25, 0.3) is 33.4 Å². The van der Waals surface area contributed by atoms with Crippen LogP contribution in [0.1, 0.15) is 22.3 Å². The number of benzene rings is 2. The number of aryl methyl sites for hydroxylation is 4. The molecule has 0 aliphatic heterocycles. The van der Waals surface area contributed by atoms with E-state index < -0.39 is 0 Å². The largest absolute Gasteiger partial charge is 0.287 e. The molecule has 0 amide bonds. The molecule has 0 aliphatic carbocycles. The Morgan fingerprint density at radius 3 is 2.37 bits per heavy atom. The molecule has 0 N–H and O–H groups in total. The minimum absolute atomic E-state index is 0.954. The van der Waals surface area contributed by atoms with Crippen molar-refractivity contribution in [3.63, 3.8) is 0 Å². The van der Waals surface area contributed by atoms with Gasteiger partial charge in [-0.15, -0.1) is 0 Å². The molecule has 0 saturated carbocycles. The maximum Gasteiger partial charge on any atom is 0.287 e. The maximum atomic E-state index is 4.76. The van der Waals surface area contributed by atoms with Crippen molar-refractivity contribution in [3.05, 3.63) is 77.2 Å². The highest BCUT2D eigenvalue weighted by Gasteiger charge is 2.20. The van der Waals surface area contributed by atoms with Gasteiger partial charge in [-0.3, -0.25) is 4.98 Å². The molecule has 4 aromatic rings. The van der Waals surface area contributed by atoms with Gasteiger partial charge in [0.2, 0.25) is 0 Å². The minimum Gasteiger partial charge on any atom is -0.256 e. The summed E-state index contributed by atoms with van der Waals surface area (Å²) in [5, 5.41) is 1.15. The summed E-state index contributed by atoms with van der Waals surface area (Å²) < 4.78 is 2.12. The summed E-state index contributed by atoms with van der Waals surface area (Å²) in [4.78, 5) is 9.39. The molecule has 3 nitrogen and oxygen atoms in total. The molecule has 0 fully saturated rings. The van der Waals surface area contributed by atoms with Crippen LogP contribution in [-0.4, -0.2) is 9.97 Å². The molecule has 0 unspecified atom stereocenters. The summed E-state index contributed by atoms with van der Waals surface area (Å²) in [6.07, 6.45) is 3.82. The van der Waals surface area contributed by atoms with Crippen molar-refractivity contribution in [2.75, 3.05) is 0 Å². The highest BCUT2D eigenvalue weighted by Crippen LogP contribution is 2.33. The Labute approximate surface area is 160 Å². The number of nitrogens with zero attached hydrogens (tertiary/aromatic N) is 3. The van der Waals surface area contributed by atoms with Crippen LogP contribution in [0.3, 0.4) is 0 Å². The summed E-state index contributed by atoms with van der Waals surface area (Å²) in [6, 6.07) is 15.0. The molecule has 0 aliphatic rings. The van der Waals surface area contributed by atoms with Crippen LogP contribution in [0.2, 0.25) is 0 Å². The number of fused-ring (bicyclic) bond motifs is 1. The third-order valence-electron chi connectivity index (χ3n) is 5.26. The van der Waals surface area contributed by atoms with E-state index in [0.29, 0.717) is 0 Å². The molecular formula is C24H24N3+. The molecule has 0 bridgehead atoms. The van der Waals surface area contributed by atoms with E-state index in [0.717, 1.165) is 27.7 Å². The second-order valence-corrected chi connectivity index (χ2v) is 7.38. The molecule has 0 radical (unpaired) electrons. The van der Waals surface area contributed by atoms with Gasteiger partial charge in [-0.25, -0.2) is 4.57 Å². The molecule has 2 heterocycles. The zero-order valence-corrected chi connectivity index (χ0v) is 16.5. The lowest BCUT2D eigenvalue weighted by atomic mass is 9.94. The predicted octanol–water partition coefficient (Wildman–Crippen LogP) is 5.02. The molecule has 2 aromatic carbocycles. The van der Waals surface area contributed by atoms with Crippen LogP contribution >= 0.6 is 0 Å². The van der Waals surface area contributed by atoms with Crippen molar-refractivity contribution < 1.29 is 4.57 Å². The second kappa shape index (κ2) is 6.58. The number of rotatable bonds is 2. The number of hydrogen-bond donors (Lipinski definition) is 0. The topological polar surface area (TPSA) is 29.7 Å². The number of pyridine rings is 1. The first kappa shape index (κ1) is 17.3. The highest BCUT2D eigenvalue weighted by molar-refractivity contribution is 5.99. The molecule has 134 valence electrons. The van der Waals surface area contributed by atoms with Crippen molar-refractivity contribution in [1.29, 1.82) is 0 Å². The van der Waals surface area contributed by atoms with Gasteiger partial charge in [0.1, 0.15) is 5.69 Å². The Bertz CT molecular complexity index is 1160. The third kappa shape index (κ3) is 2.99. The molecule has 2 aromatic heterocycles. The Balaban J connectivity index is 2.05. The fourth-order valence-electron chi connectivity index (χ4n) is 3.72. The Kier molecular flexibility index (Phi) is 4.23. The number of para-hydroxylation sites is 1. The molecule has 0 saturated heterocycles. The van der Waals surface area contributed by atoms with Gasteiger partial charge in [-0.2, -0.15) is 0 Å². The van der Waals surface area contributed by atoms with Gasteiger partial charge in [0.15, 0.2) is 5.52 Å². The van der Waals surface area contributed by atoms with Crippen LogP contribution in [0.4, 0.5) is 0 Å². The summed E-state index contributed by atoms with van der Waals surface area (Å²) >= 11 is 0. The van der Waals surface area contributed by atoms with E-state index in [2.05, 4.69) is 86.8 Å². The summed E-state index contributed by atoms with van der Waals surface area (Å²) in [5.74, 6) is 0. The minimum atomic E-state index is 0.954. The normalized spacial score (nSPS) is 11.1. The van der Waals surface area contributed by atoms with Gasteiger partial charge >= 0.3 is 0 Å². The first-order chi connectivity index (χ1) is 13.0. The first-order valence-corrected chi connectivity index (χ1v) is 9.24. The SMILES string of the molecule is Cc1ccc(-c2cccc3c(-c4cc(C)cc(C)c4C)[n+](C)cnc23)nc1. The predicted molar refractivity (Wildman–Crippen MR) is 111 cm³/mol. The second-order valence-electron chi connectivity index (χ2n) is 7.38. The van der Waals surface area contributed by atoms with Crippen molar-refractivity contribution in [2.24, 2.45) is 7.05 Å². The lowest BCUT2D eigenvalue weighted by molar-refractivity contribution is -0.662. The molecule has 4 rings (SSSR count). The van der Waals surface area contributed by atoms with Gasteiger partial charge in [-0.05, 0) is 73.6 Å². The van der Waals surface area contributed by atoms with E-state index in [-0.39, 0.29) is 0 Å². The molecular weight excluding hydrogens is 330 g/mol. The van der Waals surface area contributed by atoms with E-state index in [9.17, 15) is 0 Å². The fraction of sp³-hybridized carbons (Fsp3) is 0.208. The quantitative estimate of drug-likeness (QED) is 0.473. The zero-order chi connectivity index (χ0) is 19.1. The van der Waals surface area contributed by atoms with Crippen LogP contribution < -0.4 is 4.57 Å². The summed E-state index contributed by atoms with van der Waals surface area (Å²) in [6.45, 7) is 8.58. The average Bonchev–Trinajstić information content (AvgIpc) is 2.65. The third-order valence-corrected chi connectivity index (χ3v) is 5.26. The lowest BCUT2D eigenvalue weighted by Gasteiger charge is -2.13. The Hall–Kier alpha value is -3.07. The molecule has 0 spiro atoms. The van der Waals surface area contributed by atoms with Crippen molar-refractivity contribution in [1.82, 2.24) is 9.97 Å². The summed E-state index contributed by atoms with van der Waals surface area (Å²) in [5.41, 5.74) is 10.5. The van der Waals surface area contributed by atoms with E-state index in [4.69, 9.17) is 4.98 Å². The van der Waals surface area contributed by atoms with Gasteiger partial charge in [-0.1, -0.05) is 23.8 Å². The zero-order valence-electron chi connectivity index (χ0n) is 16.5. The van der Waals surface area contributed by atoms with Crippen LogP contribution in [0.15, 0.2) is 55.0 Å². The van der Waals surface area contributed by atoms with Crippen molar-refractivity contribution >= 4 is 10.9 Å². The number of aromatic nitrogens is 3. The van der Waals surface area contributed by atoms with Gasteiger partial charge in [0.05, 0.1) is 23.7 Å². The monoisotopic (exact) mass is 354 g/mol. The smallest absolute Gasteiger partial charge is 0.256 e. The van der Waals surface area contributed by atoms with E-state index in [1.165, 1.54) is 27.9 Å². The van der Waals surface area contributed by atoms with E-state index in [1.54, 1.807) is 0 Å². The van der Waals surface area contributed by atoms with Crippen LogP contribution in [0, 0.1) is 27.7 Å². The van der Waals surface area contributed by atoms with Gasteiger partial charge in [0.25, 0.3) is 6.33 Å². The van der Waals surface area contributed by atoms with Crippen molar-refractivity contribution in [2.45, 2.75) is 27.7 Å². The van der Waals surface area contributed by atoms with Gasteiger partial charge < -0.3 is 0 Å². The lowest BCUT2D eigenvalue weighted by Crippen LogP contribution is -2.32. The molecule has 0 atom stereocenters.